The number of nitro groups is 1. The monoisotopic (exact) mass is 322 g/mol. The lowest BCUT2D eigenvalue weighted by Gasteiger charge is -2.11. The fraction of sp³-hybridized carbons (Fsp3) is 0.200. The van der Waals surface area contributed by atoms with Crippen LogP contribution in [0.1, 0.15) is 11.1 Å². The number of benzene rings is 2. The maximum atomic E-state index is 11.0. The first kappa shape index (κ1) is 16.1. The Kier molecular flexibility index (Phi) is 5.19. The van der Waals surface area contributed by atoms with E-state index < -0.39 is 4.92 Å². The lowest BCUT2D eigenvalue weighted by molar-refractivity contribution is -0.385. The highest BCUT2D eigenvalue weighted by Crippen LogP contribution is 2.26. The Hall–Kier alpha value is -2.31. The van der Waals surface area contributed by atoms with E-state index in [1.807, 2.05) is 0 Å². The van der Waals surface area contributed by atoms with E-state index in [1.54, 1.807) is 24.3 Å². The number of hydrogen-bond acceptors (Lipinski definition) is 5. The predicted molar refractivity (Wildman–Crippen MR) is 84.3 cm³/mol. The highest BCUT2D eigenvalue weighted by Gasteiger charge is 2.13. The lowest BCUT2D eigenvalue weighted by atomic mass is 10.1. The van der Waals surface area contributed by atoms with Crippen molar-refractivity contribution >= 4 is 23.0 Å². The smallest absolute Gasteiger partial charge is 0.274 e. The quantitative estimate of drug-likeness (QED) is 0.629. The van der Waals surface area contributed by atoms with Crippen molar-refractivity contribution in [1.82, 2.24) is 0 Å². The molecule has 0 atom stereocenters. The summed E-state index contributed by atoms with van der Waals surface area (Å²) in [6, 6.07) is 9.65. The topological polar surface area (TPSA) is 84.6 Å². The second kappa shape index (κ2) is 7.11. The van der Waals surface area contributed by atoms with Gasteiger partial charge >= 0.3 is 0 Å². The molecule has 0 bridgehead atoms. The van der Waals surface area contributed by atoms with Crippen LogP contribution in [0.5, 0.6) is 5.75 Å². The highest BCUT2D eigenvalue weighted by atomic mass is 35.5. The van der Waals surface area contributed by atoms with E-state index in [-0.39, 0.29) is 18.8 Å². The standard InChI is InChI=1S/C15H15ClN2O4/c1-22-15-5-3-13(7-11(15)9-19)17-8-10-6-12(16)2-4-14(10)18(20)21/h2-7,17,19H,8-9H2,1H3. The van der Waals surface area contributed by atoms with Crippen LogP contribution in [0.4, 0.5) is 11.4 Å². The fourth-order valence-corrected chi connectivity index (χ4v) is 2.28. The number of halogens is 1. The van der Waals surface area contributed by atoms with Crippen LogP contribution in [-0.2, 0) is 13.2 Å². The largest absolute Gasteiger partial charge is 0.496 e. The molecule has 116 valence electrons. The van der Waals surface area contributed by atoms with Crippen LogP contribution in [0, 0.1) is 10.1 Å². The molecule has 2 aromatic carbocycles. The first-order valence-electron chi connectivity index (χ1n) is 6.49. The van der Waals surface area contributed by atoms with Crippen molar-refractivity contribution in [3.8, 4) is 5.75 Å². The van der Waals surface area contributed by atoms with Gasteiger partial charge in [0.2, 0.25) is 0 Å². The molecule has 0 heterocycles. The molecule has 0 radical (unpaired) electrons. The van der Waals surface area contributed by atoms with Gasteiger partial charge < -0.3 is 15.2 Å². The minimum absolute atomic E-state index is 0.00722. The third-order valence-corrected chi connectivity index (χ3v) is 3.41. The third-order valence-electron chi connectivity index (χ3n) is 3.17. The Morgan fingerprint density at radius 3 is 2.68 bits per heavy atom. The van der Waals surface area contributed by atoms with Gasteiger partial charge in [-0.2, -0.15) is 0 Å². The van der Waals surface area contributed by atoms with Crippen LogP contribution >= 0.6 is 11.6 Å². The molecular weight excluding hydrogens is 308 g/mol. The number of nitrogens with one attached hydrogen (secondary N) is 1. The van der Waals surface area contributed by atoms with Crippen molar-refractivity contribution in [2.24, 2.45) is 0 Å². The van der Waals surface area contributed by atoms with Gasteiger partial charge in [-0.1, -0.05) is 11.6 Å². The molecular formula is C15H15ClN2O4. The molecule has 22 heavy (non-hydrogen) atoms. The zero-order chi connectivity index (χ0) is 16.1. The molecule has 0 spiro atoms. The van der Waals surface area contributed by atoms with Gasteiger partial charge in [0.05, 0.1) is 24.2 Å². The number of hydrogen-bond donors (Lipinski definition) is 2. The summed E-state index contributed by atoms with van der Waals surface area (Å²) in [7, 11) is 1.52. The zero-order valence-electron chi connectivity index (χ0n) is 11.9. The van der Waals surface area contributed by atoms with E-state index >= 15 is 0 Å². The molecule has 2 aromatic rings. The van der Waals surface area contributed by atoms with Crippen LogP contribution < -0.4 is 10.1 Å². The van der Waals surface area contributed by atoms with Crippen molar-refractivity contribution in [2.75, 3.05) is 12.4 Å². The second-order valence-electron chi connectivity index (χ2n) is 4.57. The number of methoxy groups -OCH3 is 1. The molecule has 0 amide bonds. The van der Waals surface area contributed by atoms with Crippen LogP contribution in [0.3, 0.4) is 0 Å². The van der Waals surface area contributed by atoms with Crippen molar-refractivity contribution in [1.29, 1.82) is 0 Å². The normalized spacial score (nSPS) is 10.3. The molecule has 0 aliphatic carbocycles. The summed E-state index contributed by atoms with van der Waals surface area (Å²) in [5.74, 6) is 0.585. The summed E-state index contributed by atoms with van der Waals surface area (Å²) in [6.45, 7) is 0.0874. The van der Waals surface area contributed by atoms with Gasteiger partial charge in [0, 0.05) is 28.9 Å². The van der Waals surface area contributed by atoms with E-state index in [9.17, 15) is 15.2 Å². The molecule has 2 N–H and O–H groups in total. The first-order valence-corrected chi connectivity index (χ1v) is 6.87. The van der Waals surface area contributed by atoms with Crippen LogP contribution in [0.2, 0.25) is 5.02 Å². The Morgan fingerprint density at radius 2 is 2.05 bits per heavy atom. The molecule has 0 aliphatic heterocycles. The average molecular weight is 323 g/mol. The molecule has 7 heteroatoms. The van der Waals surface area contributed by atoms with E-state index in [2.05, 4.69) is 5.32 Å². The molecule has 0 saturated heterocycles. The minimum atomic E-state index is -0.444. The summed E-state index contributed by atoms with van der Waals surface area (Å²) < 4.78 is 5.13. The van der Waals surface area contributed by atoms with E-state index in [0.717, 1.165) is 5.69 Å². The van der Waals surface area contributed by atoms with Crippen molar-refractivity contribution in [3.63, 3.8) is 0 Å². The maximum absolute atomic E-state index is 11.0. The number of rotatable bonds is 6. The van der Waals surface area contributed by atoms with E-state index in [4.69, 9.17) is 16.3 Å². The molecule has 0 aromatic heterocycles. The number of nitro benzene ring substituents is 1. The van der Waals surface area contributed by atoms with Gasteiger partial charge in [-0.05, 0) is 30.3 Å². The van der Waals surface area contributed by atoms with Crippen molar-refractivity contribution in [2.45, 2.75) is 13.2 Å². The Bertz CT molecular complexity index is 691. The molecule has 0 saturated carbocycles. The number of aliphatic hydroxyl groups is 1. The first-order chi connectivity index (χ1) is 10.5. The van der Waals surface area contributed by atoms with Crippen molar-refractivity contribution in [3.05, 3.63) is 62.7 Å². The van der Waals surface area contributed by atoms with Crippen LogP contribution in [0.15, 0.2) is 36.4 Å². The number of nitrogens with zero attached hydrogens (tertiary/aromatic N) is 1. The summed E-state index contributed by atoms with van der Waals surface area (Å²) in [5, 5.41) is 23.8. The Balaban J connectivity index is 2.20. The van der Waals surface area contributed by atoms with Gasteiger partial charge in [-0.15, -0.1) is 0 Å². The van der Waals surface area contributed by atoms with Gasteiger partial charge in [-0.25, -0.2) is 0 Å². The average Bonchev–Trinajstić information content (AvgIpc) is 2.52. The minimum Gasteiger partial charge on any atom is -0.496 e. The molecule has 0 unspecified atom stereocenters. The Labute approximate surface area is 132 Å². The van der Waals surface area contributed by atoms with Gasteiger partial charge in [-0.3, -0.25) is 10.1 Å². The summed E-state index contributed by atoms with van der Waals surface area (Å²) in [6.07, 6.45) is 0. The third kappa shape index (κ3) is 3.66. The van der Waals surface area contributed by atoms with Gasteiger partial charge in [0.1, 0.15) is 5.75 Å². The lowest BCUT2D eigenvalue weighted by Crippen LogP contribution is -2.04. The summed E-state index contributed by atoms with van der Waals surface area (Å²) in [4.78, 5) is 10.6. The summed E-state index contributed by atoms with van der Waals surface area (Å²) >= 11 is 5.89. The number of anilines is 1. The Morgan fingerprint density at radius 1 is 1.27 bits per heavy atom. The number of aliphatic hydroxyl groups excluding tert-OH is 1. The molecule has 2 rings (SSSR count). The van der Waals surface area contributed by atoms with Gasteiger partial charge in [0.25, 0.3) is 5.69 Å². The zero-order valence-corrected chi connectivity index (χ0v) is 12.6. The van der Waals surface area contributed by atoms with Crippen molar-refractivity contribution < 1.29 is 14.8 Å². The maximum Gasteiger partial charge on any atom is 0.274 e. The second-order valence-corrected chi connectivity index (χ2v) is 5.00. The predicted octanol–water partition coefficient (Wildman–Crippen LogP) is 3.36. The highest BCUT2D eigenvalue weighted by molar-refractivity contribution is 6.30. The molecule has 6 nitrogen and oxygen atoms in total. The fourth-order valence-electron chi connectivity index (χ4n) is 2.08. The molecule has 0 aliphatic rings. The molecule has 0 fully saturated rings. The van der Waals surface area contributed by atoms with E-state index in [0.29, 0.717) is 21.9 Å². The van der Waals surface area contributed by atoms with Gasteiger partial charge in [0.15, 0.2) is 0 Å². The summed E-state index contributed by atoms with van der Waals surface area (Å²) in [5.41, 5.74) is 1.85. The number of ether oxygens (including phenoxy) is 1. The van der Waals surface area contributed by atoms with E-state index in [1.165, 1.54) is 19.2 Å². The van der Waals surface area contributed by atoms with Crippen LogP contribution in [-0.4, -0.2) is 17.1 Å². The SMILES string of the molecule is COc1ccc(NCc2cc(Cl)ccc2[N+](=O)[O-])cc1CO. The van der Waals surface area contributed by atoms with Crippen LogP contribution in [0.25, 0.3) is 0 Å².